The van der Waals surface area contributed by atoms with Gasteiger partial charge in [0.15, 0.2) is 0 Å². The Morgan fingerprint density at radius 3 is 2.29 bits per heavy atom. The molecule has 1 aromatic rings. The average Bonchev–Trinajstić information content (AvgIpc) is 2.16. The van der Waals surface area contributed by atoms with Crippen molar-refractivity contribution in [3.05, 3.63) is 39.0 Å². The van der Waals surface area contributed by atoms with E-state index in [-0.39, 0.29) is 0 Å². The normalized spacial score (nSPS) is 14.9. The van der Waals surface area contributed by atoms with Gasteiger partial charge in [0.25, 0.3) is 0 Å². The summed E-state index contributed by atoms with van der Waals surface area (Å²) in [5.41, 5.74) is 3.23. The molecular weight excluding hydrogens is 275 g/mol. The van der Waals surface area contributed by atoms with Crippen LogP contribution < -0.4 is 0 Å². The van der Waals surface area contributed by atoms with Gasteiger partial charge in [0.2, 0.25) is 0 Å². The van der Waals surface area contributed by atoms with Crippen LogP contribution in [0.25, 0.3) is 6.08 Å². The number of fused-ring (bicyclic) bond motifs is 1. The van der Waals surface area contributed by atoms with Gasteiger partial charge in [-0.2, -0.15) is 0 Å². The minimum atomic E-state index is -0.435. The predicted octanol–water partition coefficient (Wildman–Crippen LogP) is 2.94. The van der Waals surface area contributed by atoms with Gasteiger partial charge in [-0.05, 0) is 0 Å². The molecule has 1 heteroatoms. The first-order chi connectivity index (χ1) is 6.57. The summed E-state index contributed by atoms with van der Waals surface area (Å²) in [6.45, 7) is 6.96. The molecule has 0 aliphatic carbocycles. The first-order valence-electron chi connectivity index (χ1n) is 4.98. The van der Waals surface area contributed by atoms with Crippen LogP contribution in [0.3, 0.4) is 0 Å². The van der Waals surface area contributed by atoms with Gasteiger partial charge in [0, 0.05) is 0 Å². The number of hydrogen-bond donors (Lipinski definition) is 0. The van der Waals surface area contributed by atoms with Crippen molar-refractivity contribution in [3.8, 4) is 0 Å². The molecule has 0 saturated heterocycles. The first kappa shape index (κ1) is 10.2. The van der Waals surface area contributed by atoms with Crippen molar-refractivity contribution >= 4 is 30.8 Å². The molecule has 0 bridgehead atoms. The van der Waals surface area contributed by atoms with E-state index in [1.54, 1.807) is 3.59 Å². The molecule has 0 spiro atoms. The molecule has 0 aromatic heterocycles. The summed E-state index contributed by atoms with van der Waals surface area (Å²) in [7, 11) is 0. The molecule has 0 amide bonds. The van der Waals surface area contributed by atoms with Gasteiger partial charge >= 0.3 is 95.9 Å². The summed E-state index contributed by atoms with van der Waals surface area (Å²) < 4.78 is 4.19. The maximum atomic E-state index is 2.50. The zero-order chi connectivity index (χ0) is 10.2. The van der Waals surface area contributed by atoms with E-state index in [4.69, 9.17) is 0 Å². The Kier molecular flexibility index (Phi) is 2.65. The van der Waals surface area contributed by atoms with Crippen molar-refractivity contribution in [2.24, 2.45) is 5.41 Å². The summed E-state index contributed by atoms with van der Waals surface area (Å²) in [4.78, 5) is 0. The van der Waals surface area contributed by atoms with E-state index in [1.807, 2.05) is 0 Å². The van der Waals surface area contributed by atoms with E-state index in [2.05, 4.69) is 55.1 Å². The van der Waals surface area contributed by atoms with Crippen LogP contribution in [-0.2, 0) is 0 Å². The zero-order valence-corrected chi connectivity index (χ0v) is 11.8. The van der Waals surface area contributed by atoms with Gasteiger partial charge in [-0.15, -0.1) is 0 Å². The van der Waals surface area contributed by atoms with Crippen LogP contribution in [0.1, 0.15) is 31.9 Å². The molecule has 1 heterocycles. The molecular formula is C13H15Sn. The van der Waals surface area contributed by atoms with E-state index in [9.17, 15) is 0 Å². The van der Waals surface area contributed by atoms with E-state index in [0.29, 0.717) is 5.41 Å². The molecule has 0 fully saturated rings. The second kappa shape index (κ2) is 3.65. The van der Waals surface area contributed by atoms with E-state index in [1.165, 1.54) is 11.1 Å². The Hall–Kier alpha value is -0.371. The molecule has 14 heavy (non-hydrogen) atoms. The molecule has 1 aliphatic heterocycles. The monoisotopic (exact) mass is 291 g/mol. The number of allylic oxidation sites excluding steroid dienone is 1. The summed E-state index contributed by atoms with van der Waals surface area (Å²) in [5.74, 6) is 0. The van der Waals surface area contributed by atoms with Crippen molar-refractivity contribution in [1.82, 2.24) is 0 Å². The van der Waals surface area contributed by atoms with Crippen LogP contribution >= 0.6 is 0 Å². The molecule has 0 N–H and O–H groups in total. The van der Waals surface area contributed by atoms with Gasteiger partial charge in [-0.3, -0.25) is 0 Å². The Bertz CT molecular complexity index is 405. The van der Waals surface area contributed by atoms with Crippen LogP contribution in [0.4, 0.5) is 0 Å². The third-order valence-corrected chi connectivity index (χ3v) is 7.23. The fraction of sp³-hybridized carbons (Fsp3) is 0.308. The first-order valence-corrected chi connectivity index (χ1v) is 8.06. The molecule has 0 nitrogen and oxygen atoms in total. The van der Waals surface area contributed by atoms with Crippen molar-refractivity contribution in [3.63, 3.8) is 0 Å². The SMILES string of the molecule is CC(C)(C)[C]1=Cc2ccccc2[CH]=[Sn]1. The molecule has 71 valence electrons. The van der Waals surface area contributed by atoms with Crippen LogP contribution in [0, 0.1) is 5.41 Å². The maximum absolute atomic E-state index is 2.50. The van der Waals surface area contributed by atoms with Crippen molar-refractivity contribution in [2.45, 2.75) is 20.8 Å². The van der Waals surface area contributed by atoms with Crippen molar-refractivity contribution in [1.29, 1.82) is 0 Å². The zero-order valence-electron chi connectivity index (χ0n) is 8.96. The Morgan fingerprint density at radius 2 is 1.64 bits per heavy atom. The van der Waals surface area contributed by atoms with Gasteiger partial charge in [-0.25, -0.2) is 0 Å². The second-order valence-electron chi connectivity index (χ2n) is 4.73. The number of benzene rings is 1. The van der Waals surface area contributed by atoms with Gasteiger partial charge < -0.3 is 0 Å². The molecule has 0 saturated carbocycles. The van der Waals surface area contributed by atoms with Gasteiger partial charge in [0.1, 0.15) is 0 Å². The molecule has 2 rings (SSSR count). The topological polar surface area (TPSA) is 0 Å². The fourth-order valence-electron chi connectivity index (χ4n) is 1.56. The molecule has 1 aliphatic rings. The number of hydrogen-bond acceptors (Lipinski definition) is 0. The van der Waals surface area contributed by atoms with Crippen molar-refractivity contribution in [2.75, 3.05) is 0 Å². The van der Waals surface area contributed by atoms with Crippen LogP contribution in [0.2, 0.25) is 0 Å². The Labute approximate surface area is 95.7 Å². The van der Waals surface area contributed by atoms with Gasteiger partial charge in [-0.1, -0.05) is 0 Å². The van der Waals surface area contributed by atoms with Gasteiger partial charge in [0.05, 0.1) is 0 Å². The van der Waals surface area contributed by atoms with Crippen LogP contribution in [0.5, 0.6) is 0 Å². The fourth-order valence-corrected chi connectivity index (χ4v) is 5.11. The molecule has 0 atom stereocenters. The van der Waals surface area contributed by atoms with Crippen molar-refractivity contribution < 1.29 is 0 Å². The molecule has 1 radical (unpaired) electrons. The van der Waals surface area contributed by atoms with Crippen LogP contribution in [-0.4, -0.2) is 24.7 Å². The quantitative estimate of drug-likeness (QED) is 0.644. The second-order valence-corrected chi connectivity index (χ2v) is 7.91. The van der Waals surface area contributed by atoms with E-state index < -0.39 is 20.7 Å². The summed E-state index contributed by atoms with van der Waals surface area (Å²) in [6.07, 6.45) is 2.42. The standard InChI is InChI=1S/C13H15.Sn/c1-11-7-5-6-8-12(11)9-10-13(2,3)4;/h1,5-9H,2-4H3;. The minimum absolute atomic E-state index is 0.371. The summed E-state index contributed by atoms with van der Waals surface area (Å²) in [6, 6.07) is 8.70. The van der Waals surface area contributed by atoms with Crippen LogP contribution in [0.15, 0.2) is 27.9 Å². The van der Waals surface area contributed by atoms with E-state index >= 15 is 0 Å². The van der Waals surface area contributed by atoms with E-state index in [0.717, 1.165) is 0 Å². The molecule has 0 unspecified atom stereocenters. The summed E-state index contributed by atoms with van der Waals surface area (Å²) in [5, 5.41) is 0. The Morgan fingerprint density at radius 1 is 1.00 bits per heavy atom. The third kappa shape index (κ3) is 2.00. The average molecular weight is 290 g/mol. The predicted molar refractivity (Wildman–Crippen MR) is 64.8 cm³/mol. The Balaban J connectivity index is 2.48. The number of rotatable bonds is 0. The summed E-state index contributed by atoms with van der Waals surface area (Å²) >= 11 is -0.435. The third-order valence-electron chi connectivity index (χ3n) is 2.49. The molecule has 1 aromatic carbocycles.